The van der Waals surface area contributed by atoms with E-state index in [0.29, 0.717) is 26.4 Å². The highest BCUT2D eigenvalue weighted by atomic mass is 35.5. The lowest BCUT2D eigenvalue weighted by molar-refractivity contribution is -0.118. The summed E-state index contributed by atoms with van der Waals surface area (Å²) in [6.07, 6.45) is 0.348. The third-order valence-electron chi connectivity index (χ3n) is 4.91. The maximum atomic E-state index is 12.9. The summed E-state index contributed by atoms with van der Waals surface area (Å²) in [5.41, 5.74) is 2.88. The minimum Gasteiger partial charge on any atom is -0.297 e. The molecule has 0 aliphatic carbocycles. The van der Waals surface area contributed by atoms with Crippen LogP contribution >= 0.6 is 22.9 Å². The third-order valence-corrected chi connectivity index (χ3v) is 6.39. The number of aryl methyl sites for hydroxylation is 1. The summed E-state index contributed by atoms with van der Waals surface area (Å²) in [4.78, 5) is 42.3. The number of hydrogen-bond acceptors (Lipinski definition) is 6. The van der Waals surface area contributed by atoms with Crippen LogP contribution in [0.1, 0.15) is 35.0 Å². The van der Waals surface area contributed by atoms with E-state index in [4.69, 9.17) is 11.6 Å². The van der Waals surface area contributed by atoms with Gasteiger partial charge in [0.25, 0.3) is 5.91 Å². The second-order valence-electron chi connectivity index (χ2n) is 7.26. The molecule has 2 heterocycles. The number of nitrogens with zero attached hydrogens (tertiary/aromatic N) is 3. The highest BCUT2D eigenvalue weighted by molar-refractivity contribution is 7.18. The summed E-state index contributed by atoms with van der Waals surface area (Å²) in [6.45, 7) is 3.33. The van der Waals surface area contributed by atoms with Crippen molar-refractivity contribution in [3.05, 3.63) is 64.0 Å². The van der Waals surface area contributed by atoms with Crippen molar-refractivity contribution in [1.29, 1.82) is 0 Å². The van der Waals surface area contributed by atoms with Gasteiger partial charge in [-0.1, -0.05) is 59.3 Å². The second-order valence-corrected chi connectivity index (χ2v) is 8.67. The number of halogens is 1. The van der Waals surface area contributed by atoms with E-state index in [1.54, 1.807) is 18.2 Å². The average Bonchev–Trinajstić information content (AvgIpc) is 3.21. The van der Waals surface area contributed by atoms with Crippen molar-refractivity contribution in [2.24, 2.45) is 5.10 Å². The van der Waals surface area contributed by atoms with Gasteiger partial charge in [0.2, 0.25) is 5.91 Å². The molecule has 0 fully saturated rings. The lowest BCUT2D eigenvalue weighted by atomic mass is 10.1. The predicted octanol–water partition coefficient (Wildman–Crippen LogP) is 5.10. The Hall–Kier alpha value is -3.36. The largest absolute Gasteiger partial charge is 0.297 e. The number of amides is 2. The van der Waals surface area contributed by atoms with Crippen LogP contribution in [0, 0.1) is 6.92 Å². The minimum atomic E-state index is -0.468. The Kier molecular flexibility index (Phi) is 6.16. The molecule has 7 nitrogen and oxygen atoms in total. The molecule has 0 atom stereocenters. The minimum absolute atomic E-state index is 0.134. The predicted molar refractivity (Wildman–Crippen MR) is 127 cm³/mol. The molecule has 0 spiro atoms. The number of anilines is 2. The topological polar surface area (TPSA) is 91.7 Å². The molecule has 1 aliphatic rings. The Morgan fingerprint density at radius 3 is 2.56 bits per heavy atom. The molecule has 3 aromatic rings. The van der Waals surface area contributed by atoms with Crippen LogP contribution in [0.25, 0.3) is 11.3 Å². The summed E-state index contributed by atoms with van der Waals surface area (Å²) in [5, 5.41) is 8.99. The van der Waals surface area contributed by atoms with Crippen molar-refractivity contribution in [3.8, 4) is 11.3 Å². The fraction of sp³-hybridized carbons (Fsp3) is 0.174. The van der Waals surface area contributed by atoms with Crippen molar-refractivity contribution >= 4 is 57.1 Å². The summed E-state index contributed by atoms with van der Waals surface area (Å²) >= 11 is 7.29. The molecule has 0 bridgehead atoms. The van der Waals surface area contributed by atoms with E-state index in [-0.39, 0.29) is 30.2 Å². The molecular weight excluding hydrogens is 448 g/mol. The first-order valence-electron chi connectivity index (χ1n) is 9.88. The van der Waals surface area contributed by atoms with Crippen molar-refractivity contribution < 1.29 is 14.4 Å². The van der Waals surface area contributed by atoms with Crippen LogP contribution in [0.3, 0.4) is 0 Å². The molecule has 0 saturated heterocycles. The van der Waals surface area contributed by atoms with Crippen LogP contribution in [-0.2, 0) is 9.59 Å². The normalized spacial score (nSPS) is 13.7. The van der Waals surface area contributed by atoms with Crippen LogP contribution in [0.5, 0.6) is 0 Å². The van der Waals surface area contributed by atoms with Crippen molar-refractivity contribution in [3.63, 3.8) is 0 Å². The van der Waals surface area contributed by atoms with Gasteiger partial charge in [-0.25, -0.2) is 9.99 Å². The zero-order valence-corrected chi connectivity index (χ0v) is 19.0. The van der Waals surface area contributed by atoms with Crippen LogP contribution in [0.15, 0.2) is 53.6 Å². The van der Waals surface area contributed by atoms with Gasteiger partial charge in [0.05, 0.1) is 16.3 Å². The van der Waals surface area contributed by atoms with Gasteiger partial charge in [-0.3, -0.25) is 19.7 Å². The van der Waals surface area contributed by atoms with Gasteiger partial charge in [0, 0.05) is 30.4 Å². The Bertz CT molecular complexity index is 1250. The number of hydrogen-bond donors (Lipinski definition) is 1. The zero-order valence-electron chi connectivity index (χ0n) is 17.4. The molecule has 1 aromatic heterocycles. The molecule has 2 aromatic carbocycles. The number of nitrogens with one attached hydrogen (secondary N) is 1. The maximum Gasteiger partial charge on any atom is 0.273 e. The Morgan fingerprint density at radius 1 is 1.12 bits per heavy atom. The van der Waals surface area contributed by atoms with Crippen molar-refractivity contribution in [1.82, 2.24) is 4.98 Å². The zero-order chi connectivity index (χ0) is 22.8. The number of rotatable bonds is 5. The second kappa shape index (κ2) is 9.02. The lowest BCUT2D eigenvalue weighted by Gasteiger charge is -2.23. The standard InChI is InChI=1S/C23H19ClN4O3S/c1-13-8-9-16(12-17(13)24)28-19(30)11-10-18(27-28)22(31)26-23-25-20(21(32-23)14(2)29)15-6-4-3-5-7-15/h3-9,12H,10-11H2,1-2H3,(H,25,26,31). The van der Waals surface area contributed by atoms with E-state index < -0.39 is 5.91 Å². The Labute approximate surface area is 193 Å². The molecule has 4 rings (SSSR count). The number of carbonyl (C=O) groups excluding carboxylic acids is 3. The molecule has 32 heavy (non-hydrogen) atoms. The van der Waals surface area contributed by atoms with Gasteiger partial charge in [-0.05, 0) is 24.6 Å². The van der Waals surface area contributed by atoms with Gasteiger partial charge in [-0.15, -0.1) is 0 Å². The molecule has 9 heteroatoms. The van der Waals surface area contributed by atoms with Crippen molar-refractivity contribution in [2.75, 3.05) is 10.3 Å². The summed E-state index contributed by atoms with van der Waals surface area (Å²) in [5.74, 6) is -0.824. The number of hydrazone groups is 1. The number of Topliss-reactive ketones (excluding diaryl/α,β-unsaturated/α-hetero) is 1. The number of thiazole rings is 1. The Morgan fingerprint density at radius 2 is 1.88 bits per heavy atom. The van der Waals surface area contributed by atoms with E-state index in [0.717, 1.165) is 22.5 Å². The summed E-state index contributed by atoms with van der Waals surface area (Å²) in [7, 11) is 0. The smallest absolute Gasteiger partial charge is 0.273 e. The SMILES string of the molecule is CC(=O)c1sc(NC(=O)C2=NN(c3ccc(C)c(Cl)c3)C(=O)CC2)nc1-c1ccccc1. The van der Waals surface area contributed by atoms with Gasteiger partial charge in [0.15, 0.2) is 10.9 Å². The molecule has 162 valence electrons. The lowest BCUT2D eigenvalue weighted by Crippen LogP contribution is -2.36. The average molecular weight is 467 g/mol. The first kappa shape index (κ1) is 21.9. The van der Waals surface area contributed by atoms with Crippen LogP contribution in [-0.4, -0.2) is 28.3 Å². The van der Waals surface area contributed by atoms with E-state index in [2.05, 4.69) is 15.4 Å². The third kappa shape index (κ3) is 4.46. The van der Waals surface area contributed by atoms with Gasteiger partial charge in [-0.2, -0.15) is 5.10 Å². The summed E-state index contributed by atoms with van der Waals surface area (Å²) in [6, 6.07) is 14.5. The first-order chi connectivity index (χ1) is 15.3. The van der Waals surface area contributed by atoms with Gasteiger partial charge >= 0.3 is 0 Å². The van der Waals surface area contributed by atoms with Gasteiger partial charge < -0.3 is 0 Å². The molecule has 1 aliphatic heterocycles. The highest BCUT2D eigenvalue weighted by Gasteiger charge is 2.27. The molecule has 0 unspecified atom stereocenters. The van der Waals surface area contributed by atoms with Crippen LogP contribution in [0.2, 0.25) is 5.02 Å². The van der Waals surface area contributed by atoms with E-state index in [9.17, 15) is 14.4 Å². The van der Waals surface area contributed by atoms with E-state index in [1.807, 2.05) is 37.3 Å². The molecule has 2 amide bonds. The highest BCUT2D eigenvalue weighted by Crippen LogP contribution is 2.32. The maximum absolute atomic E-state index is 12.9. The molecule has 0 saturated carbocycles. The van der Waals surface area contributed by atoms with E-state index >= 15 is 0 Å². The quantitative estimate of drug-likeness (QED) is 0.530. The molecule has 1 N–H and O–H groups in total. The van der Waals surface area contributed by atoms with Crippen molar-refractivity contribution in [2.45, 2.75) is 26.7 Å². The molecule has 0 radical (unpaired) electrons. The number of benzene rings is 2. The first-order valence-corrected chi connectivity index (χ1v) is 11.1. The molecular formula is C23H19ClN4O3S. The number of aromatic nitrogens is 1. The number of carbonyl (C=O) groups is 3. The van der Waals surface area contributed by atoms with Crippen LogP contribution < -0.4 is 10.3 Å². The fourth-order valence-corrected chi connectivity index (χ4v) is 4.26. The van der Waals surface area contributed by atoms with Crippen LogP contribution in [0.4, 0.5) is 10.8 Å². The summed E-state index contributed by atoms with van der Waals surface area (Å²) < 4.78 is 0. The number of ketones is 1. The van der Waals surface area contributed by atoms with E-state index in [1.165, 1.54) is 11.9 Å². The Balaban J connectivity index is 1.60. The fourth-order valence-electron chi connectivity index (χ4n) is 3.21. The van der Waals surface area contributed by atoms with Gasteiger partial charge in [0.1, 0.15) is 5.71 Å². The monoisotopic (exact) mass is 466 g/mol.